The number of rotatable bonds is 7. The van der Waals surface area contributed by atoms with Gasteiger partial charge in [0.2, 0.25) is 0 Å². The zero-order chi connectivity index (χ0) is 18.6. The number of furan rings is 1. The monoisotopic (exact) mass is 380 g/mol. The van der Waals surface area contributed by atoms with Gasteiger partial charge in [-0.3, -0.25) is 9.59 Å². The highest BCUT2D eigenvalue weighted by molar-refractivity contribution is 7.12. The third kappa shape index (κ3) is 4.28. The summed E-state index contributed by atoms with van der Waals surface area (Å²) in [5, 5.41) is 4.77. The van der Waals surface area contributed by atoms with Gasteiger partial charge in [0.05, 0.1) is 17.7 Å². The fraction of sp³-hybridized carbons (Fsp3) is 0.238. The van der Waals surface area contributed by atoms with Gasteiger partial charge >= 0.3 is 0 Å². The lowest BCUT2D eigenvalue weighted by Crippen LogP contribution is -2.32. The van der Waals surface area contributed by atoms with E-state index in [0.717, 1.165) is 24.2 Å². The molecule has 2 heterocycles. The quantitative estimate of drug-likeness (QED) is 0.672. The van der Waals surface area contributed by atoms with Gasteiger partial charge in [-0.2, -0.15) is 0 Å². The van der Waals surface area contributed by atoms with Crippen molar-refractivity contribution in [2.75, 3.05) is 0 Å². The normalized spacial score (nSPS) is 13.3. The summed E-state index contributed by atoms with van der Waals surface area (Å²) in [6.07, 6.45) is 3.71. The van der Waals surface area contributed by atoms with Gasteiger partial charge in [-0.05, 0) is 54.1 Å². The van der Waals surface area contributed by atoms with E-state index in [1.54, 1.807) is 12.3 Å². The summed E-state index contributed by atoms with van der Waals surface area (Å²) in [7, 11) is 0. The molecule has 6 heteroatoms. The summed E-state index contributed by atoms with van der Waals surface area (Å²) in [6.45, 7) is 0.930. The van der Waals surface area contributed by atoms with Crippen LogP contribution in [0.15, 0.2) is 64.6 Å². The number of nitrogens with one attached hydrogen (secondary N) is 1. The maximum atomic E-state index is 12.9. The van der Waals surface area contributed by atoms with Gasteiger partial charge in [0.1, 0.15) is 5.76 Å². The number of benzene rings is 1. The van der Waals surface area contributed by atoms with Crippen molar-refractivity contribution in [1.82, 2.24) is 10.2 Å². The molecule has 0 saturated heterocycles. The molecule has 0 spiro atoms. The molecule has 0 atom stereocenters. The highest BCUT2D eigenvalue weighted by Crippen LogP contribution is 2.30. The van der Waals surface area contributed by atoms with Crippen LogP contribution in [0.4, 0.5) is 0 Å². The van der Waals surface area contributed by atoms with Crippen LogP contribution in [0, 0.1) is 0 Å². The van der Waals surface area contributed by atoms with E-state index in [2.05, 4.69) is 5.32 Å². The average molecular weight is 380 g/mol. The molecule has 1 saturated carbocycles. The van der Waals surface area contributed by atoms with E-state index in [1.807, 2.05) is 52.7 Å². The van der Waals surface area contributed by atoms with Crippen LogP contribution >= 0.6 is 11.3 Å². The Hall–Kier alpha value is -2.86. The molecule has 1 aliphatic rings. The summed E-state index contributed by atoms with van der Waals surface area (Å²) in [5.74, 6) is 0.731. The Kier molecular flexibility index (Phi) is 5.07. The number of amides is 2. The highest BCUT2D eigenvalue weighted by Gasteiger charge is 2.33. The predicted molar refractivity (Wildman–Crippen MR) is 104 cm³/mol. The first-order valence-electron chi connectivity index (χ1n) is 8.95. The number of nitrogens with zero attached hydrogens (tertiary/aromatic N) is 1. The summed E-state index contributed by atoms with van der Waals surface area (Å²) in [5.41, 5.74) is 1.61. The third-order valence-electron chi connectivity index (χ3n) is 4.55. The van der Waals surface area contributed by atoms with Crippen molar-refractivity contribution in [3.8, 4) is 0 Å². The van der Waals surface area contributed by atoms with Crippen molar-refractivity contribution in [3.63, 3.8) is 0 Å². The maximum absolute atomic E-state index is 12.9. The molecule has 1 N–H and O–H groups in total. The highest BCUT2D eigenvalue weighted by atomic mass is 32.1. The van der Waals surface area contributed by atoms with Crippen molar-refractivity contribution in [2.24, 2.45) is 0 Å². The molecular formula is C21H20N2O3S. The standard InChI is InChI=1S/C21H20N2O3S/c24-20(19-4-2-12-27-19)22-13-15-5-7-16(8-6-15)21(25)23(17-9-10-17)14-18-3-1-11-26-18/h1-8,11-12,17H,9-10,13-14H2,(H,22,24). The Morgan fingerprint density at radius 1 is 1.11 bits per heavy atom. The molecule has 1 aromatic carbocycles. The third-order valence-corrected chi connectivity index (χ3v) is 5.42. The summed E-state index contributed by atoms with van der Waals surface area (Å²) in [6, 6.07) is 15.1. The Balaban J connectivity index is 1.38. The minimum Gasteiger partial charge on any atom is -0.467 e. The molecule has 5 nitrogen and oxygen atoms in total. The van der Waals surface area contributed by atoms with Gasteiger partial charge in [0.25, 0.3) is 11.8 Å². The Morgan fingerprint density at radius 2 is 1.93 bits per heavy atom. The minimum atomic E-state index is -0.0801. The summed E-state index contributed by atoms with van der Waals surface area (Å²) >= 11 is 1.42. The number of thiophene rings is 1. The van der Waals surface area contributed by atoms with Crippen LogP contribution in [-0.2, 0) is 13.1 Å². The largest absolute Gasteiger partial charge is 0.467 e. The lowest BCUT2D eigenvalue weighted by molar-refractivity contribution is 0.0717. The lowest BCUT2D eigenvalue weighted by atomic mass is 10.1. The molecule has 2 amide bonds. The molecular weight excluding hydrogens is 360 g/mol. The van der Waals surface area contributed by atoms with E-state index in [-0.39, 0.29) is 11.8 Å². The average Bonchev–Trinajstić information content (AvgIpc) is 3.16. The first kappa shape index (κ1) is 17.5. The molecule has 0 unspecified atom stereocenters. The van der Waals surface area contributed by atoms with Gasteiger partial charge in [0.15, 0.2) is 0 Å². The van der Waals surface area contributed by atoms with Crippen LogP contribution in [-0.4, -0.2) is 22.8 Å². The van der Waals surface area contributed by atoms with Crippen molar-refractivity contribution >= 4 is 23.2 Å². The van der Waals surface area contributed by atoms with E-state index in [0.29, 0.717) is 29.6 Å². The van der Waals surface area contributed by atoms with E-state index in [1.165, 1.54) is 11.3 Å². The molecule has 1 fully saturated rings. The topological polar surface area (TPSA) is 62.6 Å². The van der Waals surface area contributed by atoms with Crippen molar-refractivity contribution in [3.05, 3.63) is 81.9 Å². The van der Waals surface area contributed by atoms with Crippen molar-refractivity contribution in [2.45, 2.75) is 32.0 Å². The van der Waals surface area contributed by atoms with Gasteiger partial charge in [0, 0.05) is 18.2 Å². The molecule has 1 aliphatic carbocycles. The Bertz CT molecular complexity index is 898. The minimum absolute atomic E-state index is 0.0167. The Morgan fingerprint density at radius 3 is 2.56 bits per heavy atom. The molecule has 0 radical (unpaired) electrons. The van der Waals surface area contributed by atoms with Gasteiger partial charge in [-0.25, -0.2) is 0 Å². The van der Waals surface area contributed by atoms with Crippen LogP contribution < -0.4 is 5.32 Å². The fourth-order valence-electron chi connectivity index (χ4n) is 2.93. The van der Waals surface area contributed by atoms with Crippen molar-refractivity contribution < 1.29 is 14.0 Å². The molecule has 0 bridgehead atoms. The maximum Gasteiger partial charge on any atom is 0.261 e. The van der Waals surface area contributed by atoms with E-state index in [9.17, 15) is 9.59 Å². The number of carbonyl (C=O) groups excluding carboxylic acids is 2. The molecule has 2 aromatic heterocycles. The molecule has 4 rings (SSSR count). The fourth-order valence-corrected chi connectivity index (χ4v) is 3.57. The van der Waals surface area contributed by atoms with E-state index < -0.39 is 0 Å². The van der Waals surface area contributed by atoms with Gasteiger partial charge in [-0.15, -0.1) is 11.3 Å². The van der Waals surface area contributed by atoms with Crippen LogP contribution in [0.25, 0.3) is 0 Å². The molecule has 27 heavy (non-hydrogen) atoms. The van der Waals surface area contributed by atoms with Crippen LogP contribution in [0.3, 0.4) is 0 Å². The summed E-state index contributed by atoms with van der Waals surface area (Å²) in [4.78, 5) is 27.5. The smallest absolute Gasteiger partial charge is 0.261 e. The van der Waals surface area contributed by atoms with Gasteiger partial charge in [-0.1, -0.05) is 18.2 Å². The van der Waals surface area contributed by atoms with Crippen molar-refractivity contribution in [1.29, 1.82) is 0 Å². The zero-order valence-corrected chi connectivity index (χ0v) is 15.6. The molecule has 138 valence electrons. The number of hydrogen-bond donors (Lipinski definition) is 1. The van der Waals surface area contributed by atoms with Crippen LogP contribution in [0.5, 0.6) is 0 Å². The van der Waals surface area contributed by atoms with Gasteiger partial charge < -0.3 is 14.6 Å². The molecule has 0 aliphatic heterocycles. The van der Waals surface area contributed by atoms with Crippen LogP contribution in [0.1, 0.15) is 44.2 Å². The predicted octanol–water partition coefficient (Wildman–Crippen LogP) is 4.08. The number of carbonyl (C=O) groups is 2. The lowest BCUT2D eigenvalue weighted by Gasteiger charge is -2.21. The first-order chi connectivity index (χ1) is 13.2. The van der Waals surface area contributed by atoms with E-state index >= 15 is 0 Å². The first-order valence-corrected chi connectivity index (χ1v) is 9.82. The SMILES string of the molecule is O=C(NCc1ccc(C(=O)N(Cc2ccco2)C2CC2)cc1)c1cccs1. The second kappa shape index (κ2) is 7.80. The Labute approximate surface area is 161 Å². The summed E-state index contributed by atoms with van der Waals surface area (Å²) < 4.78 is 5.40. The van der Waals surface area contributed by atoms with E-state index in [4.69, 9.17) is 4.42 Å². The second-order valence-corrected chi connectivity index (χ2v) is 7.55. The molecule has 3 aromatic rings. The second-order valence-electron chi connectivity index (χ2n) is 6.60. The number of hydrogen-bond acceptors (Lipinski definition) is 4. The zero-order valence-electron chi connectivity index (χ0n) is 14.8. The van der Waals surface area contributed by atoms with Crippen LogP contribution in [0.2, 0.25) is 0 Å².